The molecule has 1 aliphatic heterocycles. The van der Waals surface area contributed by atoms with E-state index in [-0.39, 0.29) is 31.8 Å². The minimum absolute atomic E-state index is 0.195. The predicted octanol–water partition coefficient (Wildman–Crippen LogP) is 4.19. The van der Waals surface area contributed by atoms with Crippen molar-refractivity contribution in [3.63, 3.8) is 0 Å². The molecule has 0 saturated carbocycles. The Morgan fingerprint density at radius 2 is 2.00 bits per heavy atom. The number of halogens is 6. The summed E-state index contributed by atoms with van der Waals surface area (Å²) in [5.74, 6) is -3.04. The van der Waals surface area contributed by atoms with Crippen LogP contribution < -0.4 is 4.74 Å². The van der Waals surface area contributed by atoms with Crippen molar-refractivity contribution in [3.8, 4) is 5.75 Å². The highest BCUT2D eigenvalue weighted by Gasteiger charge is 2.38. The van der Waals surface area contributed by atoms with E-state index in [1.165, 1.54) is 18.2 Å². The number of hydrogen-bond donors (Lipinski definition) is 0. The van der Waals surface area contributed by atoms with Crippen LogP contribution in [0, 0.1) is 0 Å². The van der Waals surface area contributed by atoms with Gasteiger partial charge < -0.3 is 4.74 Å². The molecule has 1 aliphatic rings. The first-order valence-electron chi connectivity index (χ1n) is 5.79. The van der Waals surface area contributed by atoms with Gasteiger partial charge in [-0.15, -0.1) is 13.2 Å². The molecule has 1 fully saturated rings. The molecule has 1 heterocycles. The lowest BCUT2D eigenvalue weighted by atomic mass is 10.2. The van der Waals surface area contributed by atoms with Crippen LogP contribution in [0.4, 0.5) is 22.0 Å². The molecule has 0 atom stereocenters. The van der Waals surface area contributed by atoms with Gasteiger partial charge in [-0.05, 0) is 17.7 Å². The Bertz CT molecular complexity index is 491. The molecule has 20 heavy (non-hydrogen) atoms. The van der Waals surface area contributed by atoms with Crippen molar-refractivity contribution < 1.29 is 26.7 Å². The fourth-order valence-electron chi connectivity index (χ4n) is 2.04. The summed E-state index contributed by atoms with van der Waals surface area (Å²) in [6.07, 6.45) is -4.95. The minimum atomic E-state index is -4.75. The zero-order valence-corrected chi connectivity index (χ0v) is 11.8. The van der Waals surface area contributed by atoms with Gasteiger partial charge in [-0.2, -0.15) is 0 Å². The van der Waals surface area contributed by atoms with E-state index in [0.29, 0.717) is 10.0 Å². The van der Waals surface area contributed by atoms with E-state index in [1.807, 2.05) is 0 Å². The van der Waals surface area contributed by atoms with E-state index < -0.39 is 12.3 Å². The molecule has 0 radical (unpaired) electrons. The Hall–Kier alpha value is -0.890. The first-order chi connectivity index (χ1) is 9.15. The summed E-state index contributed by atoms with van der Waals surface area (Å²) in [7, 11) is 0. The highest BCUT2D eigenvalue weighted by Crippen LogP contribution is 2.31. The third-order valence-corrected chi connectivity index (χ3v) is 3.64. The summed E-state index contributed by atoms with van der Waals surface area (Å²) >= 11 is 3.13. The van der Waals surface area contributed by atoms with Crippen molar-refractivity contribution in [3.05, 3.63) is 28.2 Å². The van der Waals surface area contributed by atoms with Crippen LogP contribution in [0.5, 0.6) is 5.75 Å². The lowest BCUT2D eigenvalue weighted by Crippen LogP contribution is -2.25. The summed E-state index contributed by atoms with van der Waals surface area (Å²) in [4.78, 5) is 1.56. The maximum atomic E-state index is 13.0. The first kappa shape index (κ1) is 15.5. The van der Waals surface area contributed by atoms with Gasteiger partial charge in [0, 0.05) is 24.0 Å². The summed E-state index contributed by atoms with van der Waals surface area (Å²) < 4.78 is 66.4. The number of alkyl halides is 5. The normalized spacial score (nSPS) is 19.3. The van der Waals surface area contributed by atoms with E-state index in [1.54, 1.807) is 4.90 Å². The number of hydrogen-bond acceptors (Lipinski definition) is 2. The van der Waals surface area contributed by atoms with Crippen LogP contribution in [0.1, 0.15) is 12.0 Å². The van der Waals surface area contributed by atoms with E-state index in [2.05, 4.69) is 20.7 Å². The van der Waals surface area contributed by atoms with Gasteiger partial charge in [-0.25, -0.2) is 8.78 Å². The van der Waals surface area contributed by atoms with Crippen LogP contribution in [0.3, 0.4) is 0 Å². The maximum Gasteiger partial charge on any atom is 0.573 e. The number of likely N-dealkylation sites (tertiary alicyclic amines) is 1. The molecule has 0 amide bonds. The number of benzene rings is 1. The summed E-state index contributed by atoms with van der Waals surface area (Å²) in [6.45, 7) is 0.183. The Kier molecular flexibility index (Phi) is 4.24. The standard InChI is InChI=1S/C12H11BrF5NO/c13-10-5-9(20-12(16,17)18)2-1-8(10)6-19-4-3-11(14,15)7-19/h1-2,5H,3-4,6-7H2. The van der Waals surface area contributed by atoms with E-state index in [4.69, 9.17) is 0 Å². The van der Waals surface area contributed by atoms with Crippen LogP contribution >= 0.6 is 15.9 Å². The quantitative estimate of drug-likeness (QED) is 0.750. The molecule has 0 unspecified atom stereocenters. The molecular weight excluding hydrogens is 349 g/mol. The third kappa shape index (κ3) is 4.31. The number of ether oxygens (including phenoxy) is 1. The molecule has 1 saturated heterocycles. The lowest BCUT2D eigenvalue weighted by molar-refractivity contribution is -0.274. The molecule has 0 N–H and O–H groups in total. The topological polar surface area (TPSA) is 12.5 Å². The average molecular weight is 360 g/mol. The van der Waals surface area contributed by atoms with E-state index in [9.17, 15) is 22.0 Å². The fourth-order valence-corrected chi connectivity index (χ4v) is 2.52. The molecule has 112 valence electrons. The fraction of sp³-hybridized carbons (Fsp3) is 0.500. The van der Waals surface area contributed by atoms with Gasteiger partial charge >= 0.3 is 6.36 Å². The molecule has 0 aromatic heterocycles. The molecular formula is C12H11BrF5NO. The smallest absolute Gasteiger partial charge is 0.406 e. The summed E-state index contributed by atoms with van der Waals surface area (Å²) in [5, 5.41) is 0. The van der Waals surface area contributed by atoms with Crippen LogP contribution in [0.2, 0.25) is 0 Å². The summed E-state index contributed by atoms with van der Waals surface area (Å²) in [6, 6.07) is 3.78. The van der Waals surface area contributed by atoms with Crippen molar-refractivity contribution in [2.45, 2.75) is 25.3 Å². The van der Waals surface area contributed by atoms with Crippen molar-refractivity contribution in [2.24, 2.45) is 0 Å². The van der Waals surface area contributed by atoms with Crippen LogP contribution in [0.15, 0.2) is 22.7 Å². The monoisotopic (exact) mass is 359 g/mol. The van der Waals surface area contributed by atoms with Crippen LogP contribution in [-0.2, 0) is 6.54 Å². The third-order valence-electron chi connectivity index (χ3n) is 2.90. The van der Waals surface area contributed by atoms with Crippen molar-refractivity contribution in [2.75, 3.05) is 13.1 Å². The Morgan fingerprint density at radius 3 is 2.50 bits per heavy atom. The number of rotatable bonds is 3. The molecule has 0 bridgehead atoms. The van der Waals surface area contributed by atoms with Gasteiger partial charge in [-0.1, -0.05) is 22.0 Å². The predicted molar refractivity (Wildman–Crippen MR) is 65.7 cm³/mol. The highest BCUT2D eigenvalue weighted by molar-refractivity contribution is 9.10. The minimum Gasteiger partial charge on any atom is -0.406 e. The van der Waals surface area contributed by atoms with Crippen molar-refractivity contribution in [1.29, 1.82) is 0 Å². The second-order valence-electron chi connectivity index (χ2n) is 4.62. The van der Waals surface area contributed by atoms with Gasteiger partial charge in [0.2, 0.25) is 0 Å². The van der Waals surface area contributed by atoms with Crippen LogP contribution in [-0.4, -0.2) is 30.3 Å². The average Bonchev–Trinajstić information content (AvgIpc) is 2.60. The van der Waals surface area contributed by atoms with Crippen LogP contribution in [0.25, 0.3) is 0 Å². The van der Waals surface area contributed by atoms with Gasteiger partial charge in [0.05, 0.1) is 6.54 Å². The Morgan fingerprint density at radius 1 is 1.30 bits per heavy atom. The zero-order chi connectivity index (χ0) is 15.0. The van der Waals surface area contributed by atoms with E-state index in [0.717, 1.165) is 0 Å². The second kappa shape index (κ2) is 5.48. The first-order valence-corrected chi connectivity index (χ1v) is 6.58. The van der Waals surface area contributed by atoms with E-state index >= 15 is 0 Å². The largest absolute Gasteiger partial charge is 0.573 e. The molecule has 1 aromatic rings. The summed E-state index contributed by atoms with van der Waals surface area (Å²) in [5.41, 5.74) is 0.636. The number of nitrogens with zero attached hydrogens (tertiary/aromatic N) is 1. The van der Waals surface area contributed by atoms with Gasteiger partial charge in [-0.3, -0.25) is 4.90 Å². The second-order valence-corrected chi connectivity index (χ2v) is 5.47. The lowest BCUT2D eigenvalue weighted by Gasteiger charge is -2.17. The molecule has 2 nitrogen and oxygen atoms in total. The van der Waals surface area contributed by atoms with Gasteiger partial charge in [0.15, 0.2) is 0 Å². The molecule has 0 aliphatic carbocycles. The molecule has 8 heteroatoms. The Labute approximate surface area is 120 Å². The van der Waals surface area contributed by atoms with Gasteiger partial charge in [0.1, 0.15) is 5.75 Å². The SMILES string of the molecule is FC1(F)CCN(Cc2ccc(OC(F)(F)F)cc2Br)C1. The van der Waals surface area contributed by atoms with Gasteiger partial charge in [0.25, 0.3) is 5.92 Å². The molecule has 1 aromatic carbocycles. The molecule has 2 rings (SSSR count). The highest BCUT2D eigenvalue weighted by atomic mass is 79.9. The Balaban J connectivity index is 2.03. The molecule has 0 spiro atoms. The zero-order valence-electron chi connectivity index (χ0n) is 10.2. The van der Waals surface area contributed by atoms with Crippen molar-refractivity contribution in [1.82, 2.24) is 4.90 Å². The maximum absolute atomic E-state index is 13.0. The van der Waals surface area contributed by atoms with Crippen molar-refractivity contribution >= 4 is 15.9 Å².